The maximum absolute atomic E-state index is 11.8. The van der Waals surface area contributed by atoms with Gasteiger partial charge in [-0.3, -0.25) is 4.79 Å². The van der Waals surface area contributed by atoms with E-state index in [-0.39, 0.29) is 11.3 Å². The molecule has 1 fully saturated rings. The van der Waals surface area contributed by atoms with Crippen molar-refractivity contribution in [2.75, 3.05) is 6.54 Å². The minimum absolute atomic E-state index is 0.0209. The van der Waals surface area contributed by atoms with Crippen molar-refractivity contribution < 1.29 is 9.53 Å². The van der Waals surface area contributed by atoms with Crippen molar-refractivity contribution in [1.29, 1.82) is 0 Å². The highest BCUT2D eigenvalue weighted by Crippen LogP contribution is 2.25. The summed E-state index contributed by atoms with van der Waals surface area (Å²) in [7, 11) is 0. The molecule has 0 aromatic carbocycles. The quantitative estimate of drug-likeness (QED) is 0.539. The predicted molar refractivity (Wildman–Crippen MR) is 56.5 cm³/mol. The van der Waals surface area contributed by atoms with Gasteiger partial charge in [0.25, 0.3) is 0 Å². The van der Waals surface area contributed by atoms with Gasteiger partial charge in [0.1, 0.15) is 11.1 Å². The first-order valence-corrected chi connectivity index (χ1v) is 5.29. The van der Waals surface area contributed by atoms with Gasteiger partial charge in [0.05, 0.1) is 0 Å². The molecule has 0 bridgehead atoms. The van der Waals surface area contributed by atoms with Crippen LogP contribution in [-0.2, 0) is 9.53 Å². The van der Waals surface area contributed by atoms with Crippen molar-refractivity contribution >= 4 is 17.6 Å². The second kappa shape index (κ2) is 3.70. The summed E-state index contributed by atoms with van der Waals surface area (Å²) in [5.41, 5.74) is -1.05. The molecule has 0 unspecified atom stereocenters. The summed E-state index contributed by atoms with van der Waals surface area (Å²) in [5.74, 6) is -0.215. The van der Waals surface area contributed by atoms with Crippen LogP contribution in [0.15, 0.2) is 0 Å². The molecule has 0 spiro atoms. The van der Waals surface area contributed by atoms with E-state index in [9.17, 15) is 4.79 Å². The van der Waals surface area contributed by atoms with E-state index in [2.05, 4.69) is 5.32 Å². The first kappa shape index (κ1) is 11.8. The minimum atomic E-state index is -0.611. The molecule has 0 saturated carbocycles. The molecular formula is C10H18ClNO2. The normalized spacial score (nSPS) is 33.1. The van der Waals surface area contributed by atoms with E-state index in [1.807, 2.05) is 27.7 Å². The number of hydrogen-bond acceptors (Lipinski definition) is 3. The average molecular weight is 220 g/mol. The molecular weight excluding hydrogens is 202 g/mol. The van der Waals surface area contributed by atoms with Crippen LogP contribution in [0, 0.1) is 0 Å². The smallest absolute Gasteiger partial charge is 0.326 e. The predicted octanol–water partition coefficient (Wildman–Crippen LogP) is 1.69. The standard InChI is InChI=1S/C10H18ClNO2/c1-9(2,3)14-8(13)10(4)5-7(11)6-12-10/h7,12H,5-6H2,1-4H3/t7-,10+/m0/s1. The Kier molecular flexibility index (Phi) is 3.12. The zero-order valence-corrected chi connectivity index (χ0v) is 9.94. The molecule has 0 aliphatic carbocycles. The number of halogens is 1. The molecule has 0 aromatic heterocycles. The van der Waals surface area contributed by atoms with Crippen molar-refractivity contribution in [2.45, 2.75) is 50.6 Å². The largest absolute Gasteiger partial charge is 0.459 e. The number of esters is 1. The monoisotopic (exact) mass is 219 g/mol. The third-order valence-electron chi connectivity index (χ3n) is 2.19. The first-order valence-electron chi connectivity index (χ1n) is 4.85. The van der Waals surface area contributed by atoms with Gasteiger partial charge >= 0.3 is 5.97 Å². The van der Waals surface area contributed by atoms with Gasteiger partial charge in [-0.1, -0.05) is 0 Å². The highest BCUT2D eigenvalue weighted by atomic mass is 35.5. The topological polar surface area (TPSA) is 38.3 Å². The van der Waals surface area contributed by atoms with Crippen molar-refractivity contribution in [3.63, 3.8) is 0 Å². The molecule has 1 saturated heterocycles. The Labute approximate surface area is 90.1 Å². The molecule has 14 heavy (non-hydrogen) atoms. The van der Waals surface area contributed by atoms with E-state index in [1.54, 1.807) is 0 Å². The van der Waals surface area contributed by atoms with Gasteiger partial charge < -0.3 is 10.1 Å². The Balaban J connectivity index is 2.61. The fourth-order valence-corrected chi connectivity index (χ4v) is 1.86. The Morgan fingerprint density at radius 1 is 1.57 bits per heavy atom. The van der Waals surface area contributed by atoms with E-state index >= 15 is 0 Å². The molecule has 2 atom stereocenters. The summed E-state index contributed by atoms with van der Waals surface area (Å²) in [4.78, 5) is 11.8. The summed E-state index contributed by atoms with van der Waals surface area (Å²) in [6.45, 7) is 8.09. The lowest BCUT2D eigenvalue weighted by molar-refractivity contribution is -0.161. The Morgan fingerprint density at radius 3 is 2.50 bits per heavy atom. The van der Waals surface area contributed by atoms with Crippen LogP contribution >= 0.6 is 11.6 Å². The number of carbonyl (C=O) groups excluding carboxylic acids is 1. The molecule has 1 heterocycles. The third-order valence-corrected chi connectivity index (χ3v) is 2.50. The van der Waals surface area contributed by atoms with E-state index in [0.29, 0.717) is 13.0 Å². The lowest BCUT2D eigenvalue weighted by atomic mass is 10.0. The van der Waals surface area contributed by atoms with Gasteiger partial charge in [0.2, 0.25) is 0 Å². The zero-order chi connectivity index (χ0) is 11.0. The molecule has 1 aliphatic heterocycles. The van der Waals surface area contributed by atoms with E-state index in [1.165, 1.54) is 0 Å². The van der Waals surface area contributed by atoms with Crippen molar-refractivity contribution in [1.82, 2.24) is 5.32 Å². The maximum atomic E-state index is 11.8. The van der Waals surface area contributed by atoms with E-state index in [0.717, 1.165) is 0 Å². The van der Waals surface area contributed by atoms with E-state index < -0.39 is 11.1 Å². The van der Waals surface area contributed by atoms with Crippen LogP contribution in [-0.4, -0.2) is 29.0 Å². The molecule has 4 heteroatoms. The molecule has 3 nitrogen and oxygen atoms in total. The number of rotatable bonds is 1. The Hall–Kier alpha value is -0.280. The number of carbonyl (C=O) groups is 1. The third kappa shape index (κ3) is 2.85. The summed E-state index contributed by atoms with van der Waals surface area (Å²) >= 11 is 5.94. The summed E-state index contributed by atoms with van der Waals surface area (Å²) in [5, 5.41) is 3.12. The fraction of sp³-hybridized carbons (Fsp3) is 0.900. The van der Waals surface area contributed by atoms with Gasteiger partial charge in [-0.25, -0.2) is 0 Å². The van der Waals surface area contributed by atoms with Gasteiger partial charge in [-0.2, -0.15) is 0 Å². The number of alkyl halides is 1. The number of nitrogens with one attached hydrogen (secondary N) is 1. The van der Waals surface area contributed by atoms with Crippen LogP contribution in [0.3, 0.4) is 0 Å². The van der Waals surface area contributed by atoms with Crippen LogP contribution < -0.4 is 5.32 Å². The second-order valence-electron chi connectivity index (χ2n) is 5.02. The molecule has 1 rings (SSSR count). The number of ether oxygens (including phenoxy) is 1. The molecule has 1 N–H and O–H groups in total. The highest BCUT2D eigenvalue weighted by Gasteiger charge is 2.42. The number of hydrogen-bond donors (Lipinski definition) is 1. The van der Waals surface area contributed by atoms with Crippen molar-refractivity contribution in [3.05, 3.63) is 0 Å². The lowest BCUT2D eigenvalue weighted by Gasteiger charge is -2.28. The van der Waals surface area contributed by atoms with Gasteiger partial charge in [0.15, 0.2) is 0 Å². The average Bonchev–Trinajstić information content (AvgIpc) is 2.29. The van der Waals surface area contributed by atoms with Crippen molar-refractivity contribution in [2.24, 2.45) is 0 Å². The van der Waals surface area contributed by atoms with Crippen LogP contribution in [0.1, 0.15) is 34.1 Å². The van der Waals surface area contributed by atoms with Gasteiger partial charge in [0, 0.05) is 11.9 Å². The Morgan fingerprint density at radius 2 is 2.14 bits per heavy atom. The zero-order valence-electron chi connectivity index (χ0n) is 9.19. The van der Waals surface area contributed by atoms with E-state index in [4.69, 9.17) is 16.3 Å². The van der Waals surface area contributed by atoms with Crippen LogP contribution in [0.2, 0.25) is 0 Å². The molecule has 1 aliphatic rings. The van der Waals surface area contributed by atoms with Gasteiger partial charge in [-0.05, 0) is 34.1 Å². The summed E-state index contributed by atoms with van der Waals surface area (Å²) in [6.07, 6.45) is 0.628. The summed E-state index contributed by atoms with van der Waals surface area (Å²) in [6, 6.07) is 0. The second-order valence-corrected chi connectivity index (χ2v) is 5.63. The highest BCUT2D eigenvalue weighted by molar-refractivity contribution is 6.21. The lowest BCUT2D eigenvalue weighted by Crippen LogP contribution is -2.48. The van der Waals surface area contributed by atoms with Crippen molar-refractivity contribution in [3.8, 4) is 0 Å². The Bertz CT molecular complexity index is 237. The van der Waals surface area contributed by atoms with Crippen LogP contribution in [0.4, 0.5) is 0 Å². The van der Waals surface area contributed by atoms with Crippen LogP contribution in [0.5, 0.6) is 0 Å². The molecule has 0 amide bonds. The minimum Gasteiger partial charge on any atom is -0.459 e. The van der Waals surface area contributed by atoms with Gasteiger partial charge in [-0.15, -0.1) is 11.6 Å². The maximum Gasteiger partial charge on any atom is 0.326 e. The van der Waals surface area contributed by atoms with Crippen LogP contribution in [0.25, 0.3) is 0 Å². The summed E-state index contributed by atoms with van der Waals surface area (Å²) < 4.78 is 5.31. The SMILES string of the molecule is CC(C)(C)OC(=O)[C@@]1(C)C[C@H](Cl)CN1. The molecule has 82 valence electrons. The molecule has 0 aromatic rings. The first-order chi connectivity index (χ1) is 6.23. The molecule has 0 radical (unpaired) electrons. The fourth-order valence-electron chi connectivity index (χ4n) is 1.47.